The molecule has 1 rings (SSSR count). The summed E-state index contributed by atoms with van der Waals surface area (Å²) in [6.07, 6.45) is 4.97. The fourth-order valence-corrected chi connectivity index (χ4v) is 1.22. The van der Waals surface area contributed by atoms with E-state index < -0.39 is 0 Å². The lowest BCUT2D eigenvalue weighted by atomic mass is 10.2. The Kier molecular flexibility index (Phi) is 4.91. The fourth-order valence-electron chi connectivity index (χ4n) is 1.22. The maximum absolute atomic E-state index is 8.92. The zero-order chi connectivity index (χ0) is 11.1. The Balaban J connectivity index is 2.81. The van der Waals surface area contributed by atoms with E-state index in [9.17, 15) is 0 Å². The Morgan fingerprint density at radius 2 is 2.13 bits per heavy atom. The van der Waals surface area contributed by atoms with Crippen molar-refractivity contribution in [2.24, 2.45) is 0 Å². The average Bonchev–Trinajstić information content (AvgIpc) is 2.28. The highest BCUT2D eigenvalue weighted by Crippen LogP contribution is 2.20. The Morgan fingerprint density at radius 1 is 1.40 bits per heavy atom. The molecule has 82 valence electrons. The number of ether oxygens (including phenoxy) is 1. The predicted octanol–water partition coefficient (Wildman–Crippen LogP) is 2.87. The SMILES string of the molecule is CC/C=C/c1ccccc1OC(C)CO. The van der Waals surface area contributed by atoms with Crippen LogP contribution in [0.25, 0.3) is 6.08 Å². The third kappa shape index (κ3) is 3.76. The van der Waals surface area contributed by atoms with Gasteiger partial charge in [0, 0.05) is 5.56 Å². The van der Waals surface area contributed by atoms with Crippen molar-refractivity contribution in [1.82, 2.24) is 0 Å². The van der Waals surface area contributed by atoms with Gasteiger partial charge in [-0.1, -0.05) is 37.3 Å². The molecular formula is C13H18O2. The van der Waals surface area contributed by atoms with Crippen molar-refractivity contribution in [3.8, 4) is 5.75 Å². The van der Waals surface area contributed by atoms with Crippen molar-refractivity contribution in [2.45, 2.75) is 26.4 Å². The van der Waals surface area contributed by atoms with Crippen LogP contribution in [0.1, 0.15) is 25.8 Å². The van der Waals surface area contributed by atoms with Crippen LogP contribution in [0.4, 0.5) is 0 Å². The molecule has 0 fully saturated rings. The molecule has 1 aromatic carbocycles. The van der Waals surface area contributed by atoms with E-state index in [2.05, 4.69) is 13.0 Å². The lowest BCUT2D eigenvalue weighted by Crippen LogP contribution is -2.16. The van der Waals surface area contributed by atoms with Gasteiger partial charge in [-0.25, -0.2) is 0 Å². The van der Waals surface area contributed by atoms with Crippen LogP contribution in [0.3, 0.4) is 0 Å². The van der Waals surface area contributed by atoms with E-state index in [0.717, 1.165) is 17.7 Å². The van der Waals surface area contributed by atoms with Crippen molar-refractivity contribution >= 4 is 6.08 Å². The molecule has 0 saturated carbocycles. The van der Waals surface area contributed by atoms with Crippen LogP contribution in [0.15, 0.2) is 30.3 Å². The summed E-state index contributed by atoms with van der Waals surface area (Å²) < 4.78 is 5.59. The van der Waals surface area contributed by atoms with Crippen molar-refractivity contribution < 1.29 is 9.84 Å². The van der Waals surface area contributed by atoms with Gasteiger partial charge in [-0.05, 0) is 19.4 Å². The van der Waals surface area contributed by atoms with Gasteiger partial charge < -0.3 is 9.84 Å². The van der Waals surface area contributed by atoms with Crippen LogP contribution in [-0.4, -0.2) is 17.8 Å². The van der Waals surface area contributed by atoms with Gasteiger partial charge in [-0.15, -0.1) is 0 Å². The van der Waals surface area contributed by atoms with Gasteiger partial charge in [-0.2, -0.15) is 0 Å². The Morgan fingerprint density at radius 3 is 2.80 bits per heavy atom. The van der Waals surface area contributed by atoms with Crippen LogP contribution in [0, 0.1) is 0 Å². The topological polar surface area (TPSA) is 29.5 Å². The molecule has 0 saturated heterocycles. The van der Waals surface area contributed by atoms with Gasteiger partial charge in [0.05, 0.1) is 6.61 Å². The molecule has 1 unspecified atom stereocenters. The highest BCUT2D eigenvalue weighted by molar-refractivity contribution is 5.57. The first-order valence-electron chi connectivity index (χ1n) is 5.31. The molecule has 2 nitrogen and oxygen atoms in total. The first-order valence-corrected chi connectivity index (χ1v) is 5.31. The Hall–Kier alpha value is -1.28. The van der Waals surface area contributed by atoms with Crippen molar-refractivity contribution in [3.05, 3.63) is 35.9 Å². The van der Waals surface area contributed by atoms with Crippen LogP contribution >= 0.6 is 0 Å². The molecule has 15 heavy (non-hydrogen) atoms. The molecule has 1 aromatic rings. The van der Waals surface area contributed by atoms with Crippen molar-refractivity contribution in [3.63, 3.8) is 0 Å². The molecule has 0 spiro atoms. The number of hydrogen-bond acceptors (Lipinski definition) is 2. The van der Waals surface area contributed by atoms with Gasteiger partial charge in [-0.3, -0.25) is 0 Å². The van der Waals surface area contributed by atoms with Crippen molar-refractivity contribution in [1.29, 1.82) is 0 Å². The van der Waals surface area contributed by atoms with Gasteiger partial charge >= 0.3 is 0 Å². The van der Waals surface area contributed by atoms with Crippen LogP contribution in [0.5, 0.6) is 5.75 Å². The third-order valence-corrected chi connectivity index (χ3v) is 2.04. The highest BCUT2D eigenvalue weighted by Gasteiger charge is 2.04. The molecular weight excluding hydrogens is 188 g/mol. The molecule has 1 atom stereocenters. The summed E-state index contributed by atoms with van der Waals surface area (Å²) in [6, 6.07) is 7.83. The smallest absolute Gasteiger partial charge is 0.127 e. The Bertz CT molecular complexity index is 318. The maximum Gasteiger partial charge on any atom is 0.127 e. The largest absolute Gasteiger partial charge is 0.488 e. The summed E-state index contributed by atoms with van der Waals surface area (Å²) in [4.78, 5) is 0. The number of aliphatic hydroxyl groups is 1. The molecule has 0 radical (unpaired) electrons. The summed E-state index contributed by atoms with van der Waals surface area (Å²) in [7, 11) is 0. The first-order chi connectivity index (χ1) is 7.27. The molecule has 0 heterocycles. The fraction of sp³-hybridized carbons (Fsp3) is 0.385. The molecule has 1 N–H and O–H groups in total. The summed E-state index contributed by atoms with van der Waals surface area (Å²) in [5.74, 6) is 0.823. The van der Waals surface area contributed by atoms with Gasteiger partial charge in [0.25, 0.3) is 0 Å². The lowest BCUT2D eigenvalue weighted by molar-refractivity contribution is 0.129. The lowest BCUT2D eigenvalue weighted by Gasteiger charge is -2.13. The monoisotopic (exact) mass is 206 g/mol. The van der Waals surface area contributed by atoms with E-state index >= 15 is 0 Å². The predicted molar refractivity (Wildman–Crippen MR) is 62.9 cm³/mol. The molecule has 0 bridgehead atoms. The second kappa shape index (κ2) is 6.25. The summed E-state index contributed by atoms with van der Waals surface area (Å²) in [5.41, 5.74) is 1.06. The number of para-hydroxylation sites is 1. The van der Waals surface area contributed by atoms with Gasteiger partial charge in [0.1, 0.15) is 11.9 Å². The summed E-state index contributed by atoms with van der Waals surface area (Å²) in [6.45, 7) is 3.97. The van der Waals surface area contributed by atoms with Crippen LogP contribution < -0.4 is 4.74 Å². The third-order valence-electron chi connectivity index (χ3n) is 2.04. The van der Waals surface area contributed by atoms with E-state index in [-0.39, 0.29) is 12.7 Å². The number of rotatable bonds is 5. The average molecular weight is 206 g/mol. The van der Waals surface area contributed by atoms with Gasteiger partial charge in [0.2, 0.25) is 0 Å². The number of aliphatic hydroxyl groups excluding tert-OH is 1. The summed E-state index contributed by atoms with van der Waals surface area (Å²) >= 11 is 0. The molecule has 0 aliphatic rings. The van der Waals surface area contributed by atoms with E-state index in [4.69, 9.17) is 9.84 Å². The van der Waals surface area contributed by atoms with Gasteiger partial charge in [0.15, 0.2) is 0 Å². The molecule has 0 aliphatic heterocycles. The minimum atomic E-state index is -0.166. The van der Waals surface area contributed by atoms with E-state index in [1.54, 1.807) is 0 Å². The number of hydrogen-bond donors (Lipinski definition) is 1. The minimum absolute atomic E-state index is 0.0336. The number of allylic oxidation sites excluding steroid dienone is 1. The second-order valence-electron chi connectivity index (χ2n) is 3.46. The summed E-state index contributed by atoms with van der Waals surface area (Å²) in [5, 5.41) is 8.92. The van der Waals surface area contributed by atoms with E-state index in [1.807, 2.05) is 37.3 Å². The van der Waals surface area contributed by atoms with Crippen LogP contribution in [-0.2, 0) is 0 Å². The van der Waals surface area contributed by atoms with E-state index in [0.29, 0.717) is 0 Å². The second-order valence-corrected chi connectivity index (χ2v) is 3.46. The highest BCUT2D eigenvalue weighted by atomic mass is 16.5. The molecule has 0 amide bonds. The molecule has 0 aromatic heterocycles. The first kappa shape index (κ1) is 11.8. The van der Waals surface area contributed by atoms with Crippen LogP contribution in [0.2, 0.25) is 0 Å². The number of benzene rings is 1. The Labute approximate surface area is 91.2 Å². The molecule has 0 aliphatic carbocycles. The van der Waals surface area contributed by atoms with E-state index in [1.165, 1.54) is 0 Å². The zero-order valence-corrected chi connectivity index (χ0v) is 9.31. The normalized spacial score (nSPS) is 13.0. The maximum atomic E-state index is 8.92. The molecule has 2 heteroatoms. The van der Waals surface area contributed by atoms with Crippen molar-refractivity contribution in [2.75, 3.05) is 6.61 Å². The minimum Gasteiger partial charge on any atom is -0.488 e. The quantitative estimate of drug-likeness (QED) is 0.802. The standard InChI is InChI=1S/C13H18O2/c1-3-4-7-12-8-5-6-9-13(12)15-11(2)10-14/h4-9,11,14H,3,10H2,1-2H3/b7-4+. The zero-order valence-electron chi connectivity index (χ0n) is 9.31.